The monoisotopic (exact) mass is 263 g/mol. The number of aryl methyl sites for hydroxylation is 1. The molecule has 2 heterocycles. The number of rotatable bonds is 5. The van der Waals surface area contributed by atoms with Crippen LogP contribution in [0.1, 0.15) is 40.9 Å². The molecule has 0 aliphatic heterocycles. The first-order valence-corrected chi connectivity index (χ1v) is 7.13. The van der Waals surface area contributed by atoms with Crippen molar-refractivity contribution >= 4 is 11.3 Å². The van der Waals surface area contributed by atoms with Crippen LogP contribution >= 0.6 is 11.3 Å². The normalized spacial score (nSPS) is 15.5. The van der Waals surface area contributed by atoms with Gasteiger partial charge in [0.05, 0.1) is 16.4 Å². The zero-order valence-electron chi connectivity index (χ0n) is 10.7. The van der Waals surface area contributed by atoms with Crippen LogP contribution in [0.15, 0.2) is 16.0 Å². The third-order valence-corrected chi connectivity index (χ3v) is 3.91. The van der Waals surface area contributed by atoms with Crippen molar-refractivity contribution in [2.75, 3.05) is 7.05 Å². The van der Waals surface area contributed by atoms with Gasteiger partial charge >= 0.3 is 0 Å². The lowest BCUT2D eigenvalue weighted by molar-refractivity contribution is 0.298. The highest BCUT2D eigenvalue weighted by Gasteiger charge is 2.27. The highest BCUT2D eigenvalue weighted by atomic mass is 32.1. The van der Waals surface area contributed by atoms with E-state index >= 15 is 0 Å². The highest BCUT2D eigenvalue weighted by Crippen LogP contribution is 2.40. The van der Waals surface area contributed by atoms with Crippen LogP contribution in [0.2, 0.25) is 0 Å². The first kappa shape index (κ1) is 11.9. The van der Waals surface area contributed by atoms with Crippen molar-refractivity contribution < 1.29 is 4.52 Å². The van der Waals surface area contributed by atoms with Crippen LogP contribution in [0.4, 0.5) is 0 Å². The van der Waals surface area contributed by atoms with E-state index in [-0.39, 0.29) is 0 Å². The van der Waals surface area contributed by atoms with Crippen molar-refractivity contribution in [2.24, 2.45) is 0 Å². The van der Waals surface area contributed by atoms with Gasteiger partial charge in [0.2, 0.25) is 0 Å². The number of hydrogen-bond acceptors (Lipinski definition) is 5. The lowest BCUT2D eigenvalue weighted by Crippen LogP contribution is -2.17. The molecule has 0 spiro atoms. The van der Waals surface area contributed by atoms with Crippen LogP contribution in [-0.4, -0.2) is 22.1 Å². The molecule has 0 saturated heterocycles. The van der Waals surface area contributed by atoms with Gasteiger partial charge in [0, 0.05) is 30.5 Å². The Morgan fingerprint density at radius 2 is 2.17 bits per heavy atom. The van der Waals surface area contributed by atoms with E-state index in [0.29, 0.717) is 5.92 Å². The molecule has 0 N–H and O–H groups in total. The fourth-order valence-corrected chi connectivity index (χ4v) is 2.66. The Labute approximate surface area is 111 Å². The predicted molar refractivity (Wildman–Crippen MR) is 70.5 cm³/mol. The Kier molecular flexibility index (Phi) is 3.18. The van der Waals surface area contributed by atoms with Crippen molar-refractivity contribution in [3.05, 3.63) is 33.6 Å². The van der Waals surface area contributed by atoms with Crippen molar-refractivity contribution in [3.63, 3.8) is 0 Å². The molecular weight excluding hydrogens is 246 g/mol. The van der Waals surface area contributed by atoms with Gasteiger partial charge < -0.3 is 4.52 Å². The standard InChI is InChI=1S/C13H17N3OS/c1-9-14-12(8-18-9)7-16(2)6-11-5-13(17-15-11)10-3-4-10/h5,8,10H,3-4,6-7H2,1-2H3. The average molecular weight is 263 g/mol. The van der Waals surface area contributed by atoms with Gasteiger partial charge in [-0.05, 0) is 26.8 Å². The minimum Gasteiger partial charge on any atom is -0.361 e. The molecule has 2 aromatic heterocycles. The molecule has 4 nitrogen and oxygen atoms in total. The average Bonchev–Trinajstić information content (AvgIpc) is 2.95. The molecule has 1 aliphatic carbocycles. The summed E-state index contributed by atoms with van der Waals surface area (Å²) in [6.07, 6.45) is 2.51. The molecule has 0 bridgehead atoms. The lowest BCUT2D eigenvalue weighted by atomic mass is 10.3. The van der Waals surface area contributed by atoms with Crippen molar-refractivity contribution in [3.8, 4) is 0 Å². The maximum Gasteiger partial charge on any atom is 0.140 e. The van der Waals surface area contributed by atoms with E-state index in [2.05, 4.69) is 33.5 Å². The van der Waals surface area contributed by atoms with Crippen LogP contribution in [0, 0.1) is 6.92 Å². The predicted octanol–water partition coefficient (Wildman–Crippen LogP) is 2.95. The van der Waals surface area contributed by atoms with E-state index in [1.54, 1.807) is 11.3 Å². The Hall–Kier alpha value is -1.20. The summed E-state index contributed by atoms with van der Waals surface area (Å²) in [5, 5.41) is 7.37. The smallest absolute Gasteiger partial charge is 0.140 e. The van der Waals surface area contributed by atoms with Crippen LogP contribution in [-0.2, 0) is 13.1 Å². The minimum atomic E-state index is 0.637. The molecule has 1 saturated carbocycles. The van der Waals surface area contributed by atoms with Gasteiger partial charge in [-0.25, -0.2) is 4.98 Å². The Morgan fingerprint density at radius 3 is 2.83 bits per heavy atom. The summed E-state index contributed by atoms with van der Waals surface area (Å²) < 4.78 is 5.35. The second-order valence-corrected chi connectivity index (χ2v) is 6.09. The molecule has 0 radical (unpaired) electrons. The van der Waals surface area contributed by atoms with E-state index in [9.17, 15) is 0 Å². The number of hydrogen-bond donors (Lipinski definition) is 0. The molecular formula is C13H17N3OS. The SMILES string of the molecule is Cc1nc(CN(C)Cc2cc(C3CC3)on2)cs1. The fourth-order valence-electron chi connectivity index (χ4n) is 2.05. The molecule has 2 aromatic rings. The van der Waals surface area contributed by atoms with E-state index in [0.717, 1.165) is 35.2 Å². The summed E-state index contributed by atoms with van der Waals surface area (Å²) in [7, 11) is 2.08. The van der Waals surface area contributed by atoms with Crippen molar-refractivity contribution in [1.29, 1.82) is 0 Å². The lowest BCUT2D eigenvalue weighted by Gasteiger charge is -2.12. The van der Waals surface area contributed by atoms with Gasteiger partial charge in [0.1, 0.15) is 5.76 Å². The molecule has 1 fully saturated rings. The number of aromatic nitrogens is 2. The molecule has 18 heavy (non-hydrogen) atoms. The molecule has 96 valence electrons. The summed E-state index contributed by atoms with van der Waals surface area (Å²) in [5.41, 5.74) is 2.15. The molecule has 3 rings (SSSR count). The van der Waals surface area contributed by atoms with Crippen molar-refractivity contribution in [2.45, 2.75) is 38.8 Å². The molecule has 5 heteroatoms. The zero-order chi connectivity index (χ0) is 12.5. The van der Waals surface area contributed by atoms with Crippen LogP contribution in [0.25, 0.3) is 0 Å². The number of thiazole rings is 1. The van der Waals surface area contributed by atoms with Gasteiger partial charge in [-0.15, -0.1) is 11.3 Å². The van der Waals surface area contributed by atoms with E-state index in [1.807, 2.05) is 6.92 Å². The van der Waals surface area contributed by atoms with Crippen LogP contribution in [0.3, 0.4) is 0 Å². The third kappa shape index (κ3) is 2.79. The first-order chi connectivity index (χ1) is 8.70. The Bertz CT molecular complexity index is 530. The van der Waals surface area contributed by atoms with Gasteiger partial charge in [-0.1, -0.05) is 5.16 Å². The van der Waals surface area contributed by atoms with E-state index < -0.39 is 0 Å². The molecule has 0 atom stereocenters. The maximum absolute atomic E-state index is 5.35. The van der Waals surface area contributed by atoms with E-state index in [4.69, 9.17) is 4.52 Å². The molecule has 0 aromatic carbocycles. The molecule has 1 aliphatic rings. The van der Waals surface area contributed by atoms with Crippen LogP contribution in [0.5, 0.6) is 0 Å². The third-order valence-electron chi connectivity index (χ3n) is 3.09. The van der Waals surface area contributed by atoms with Crippen molar-refractivity contribution in [1.82, 2.24) is 15.0 Å². The second kappa shape index (κ2) is 4.82. The number of nitrogens with zero attached hydrogens (tertiary/aromatic N) is 3. The van der Waals surface area contributed by atoms with Gasteiger partial charge in [0.25, 0.3) is 0 Å². The second-order valence-electron chi connectivity index (χ2n) is 5.03. The zero-order valence-corrected chi connectivity index (χ0v) is 11.5. The Morgan fingerprint density at radius 1 is 1.39 bits per heavy atom. The van der Waals surface area contributed by atoms with Gasteiger partial charge in [-0.2, -0.15) is 0 Å². The molecule has 0 amide bonds. The van der Waals surface area contributed by atoms with Gasteiger partial charge in [-0.3, -0.25) is 4.90 Å². The first-order valence-electron chi connectivity index (χ1n) is 6.26. The van der Waals surface area contributed by atoms with Gasteiger partial charge in [0.15, 0.2) is 0 Å². The van der Waals surface area contributed by atoms with E-state index in [1.165, 1.54) is 12.8 Å². The largest absolute Gasteiger partial charge is 0.361 e. The quantitative estimate of drug-likeness (QED) is 0.831. The topological polar surface area (TPSA) is 42.2 Å². The van der Waals surface area contributed by atoms with Crippen LogP contribution < -0.4 is 0 Å². The maximum atomic E-state index is 5.35. The summed E-state index contributed by atoms with van der Waals surface area (Å²) in [5.74, 6) is 1.70. The summed E-state index contributed by atoms with van der Waals surface area (Å²) >= 11 is 1.70. The minimum absolute atomic E-state index is 0.637. The highest BCUT2D eigenvalue weighted by molar-refractivity contribution is 7.09. The summed E-state index contributed by atoms with van der Waals surface area (Å²) in [6, 6.07) is 2.10. The summed E-state index contributed by atoms with van der Waals surface area (Å²) in [6.45, 7) is 3.70. The Balaban J connectivity index is 1.57. The molecule has 0 unspecified atom stereocenters. The fraction of sp³-hybridized carbons (Fsp3) is 0.538. The summed E-state index contributed by atoms with van der Waals surface area (Å²) in [4.78, 5) is 6.68.